The minimum absolute atomic E-state index is 0.0861. The summed E-state index contributed by atoms with van der Waals surface area (Å²) < 4.78 is 26.6. The average Bonchev–Trinajstić information content (AvgIpc) is 3.19. The van der Waals surface area contributed by atoms with Gasteiger partial charge in [-0.15, -0.1) is 0 Å². The molecule has 0 radical (unpaired) electrons. The highest BCUT2D eigenvalue weighted by Gasteiger charge is 2.36. The minimum Gasteiger partial charge on any atom is -0.486 e. The zero-order chi connectivity index (χ0) is 19.8. The van der Waals surface area contributed by atoms with Crippen LogP contribution in [0.5, 0.6) is 11.5 Å². The van der Waals surface area contributed by atoms with Crippen LogP contribution in [-0.2, 0) is 0 Å². The van der Waals surface area contributed by atoms with Crippen LogP contribution in [0.1, 0.15) is 12.8 Å². The molecule has 0 bridgehead atoms. The normalized spacial score (nSPS) is 20.8. The lowest BCUT2D eigenvalue weighted by Gasteiger charge is -2.40. The van der Waals surface area contributed by atoms with E-state index in [0.717, 1.165) is 36.6 Å². The molecule has 0 saturated carbocycles. The molecule has 7 heteroatoms. The predicted octanol–water partition coefficient (Wildman–Crippen LogP) is 4.08. The first-order chi connectivity index (χ1) is 14.2. The van der Waals surface area contributed by atoms with Gasteiger partial charge in [0.2, 0.25) is 0 Å². The van der Waals surface area contributed by atoms with E-state index >= 15 is 0 Å². The van der Waals surface area contributed by atoms with Gasteiger partial charge in [0.25, 0.3) is 0 Å². The minimum atomic E-state index is -0.307. The number of piperidine rings is 1. The van der Waals surface area contributed by atoms with Gasteiger partial charge in [0.05, 0.1) is 16.3 Å². The number of likely N-dealkylation sites (N-methyl/N-ethyl adjacent to an activating group) is 1. The Kier molecular flexibility index (Phi) is 5.01. The number of fused-ring (bicyclic) bond motifs is 2. The molecule has 1 N–H and O–H groups in total. The van der Waals surface area contributed by atoms with Crippen molar-refractivity contribution in [2.45, 2.75) is 25.0 Å². The van der Waals surface area contributed by atoms with Crippen LogP contribution in [0.3, 0.4) is 0 Å². The van der Waals surface area contributed by atoms with Crippen LogP contribution in [0.2, 0.25) is 0 Å². The van der Waals surface area contributed by atoms with Crippen molar-refractivity contribution in [1.82, 2.24) is 10.3 Å². The highest BCUT2D eigenvalue weighted by atomic mass is 32.1. The third kappa shape index (κ3) is 3.65. The zero-order valence-electron chi connectivity index (χ0n) is 16.3. The molecular formula is C22H24FN3O2S. The van der Waals surface area contributed by atoms with Crippen molar-refractivity contribution in [3.63, 3.8) is 0 Å². The standard InChI is InChI=1S/C22H24FN3O2S/c1-24-21(19-13-27-18-12-15(23)6-7-17(18)28-19)14-8-10-26(11-9-14)22-25-16-4-2-3-5-20(16)29-22/h2-7,12,14,19,21,24H,8-11,13H2,1H3. The van der Waals surface area contributed by atoms with E-state index in [-0.39, 0.29) is 18.0 Å². The molecule has 2 atom stereocenters. The summed E-state index contributed by atoms with van der Waals surface area (Å²) in [6.45, 7) is 2.40. The molecule has 2 aliphatic rings. The number of aromatic nitrogens is 1. The Morgan fingerprint density at radius 3 is 2.79 bits per heavy atom. The highest BCUT2D eigenvalue weighted by Crippen LogP contribution is 2.36. The Hall–Kier alpha value is -2.38. The molecular weight excluding hydrogens is 389 g/mol. The third-order valence-corrected chi connectivity index (χ3v) is 7.02. The second-order valence-corrected chi connectivity index (χ2v) is 8.67. The molecule has 2 unspecified atom stereocenters. The number of ether oxygens (including phenoxy) is 2. The van der Waals surface area contributed by atoms with E-state index in [2.05, 4.69) is 28.4 Å². The van der Waals surface area contributed by atoms with Gasteiger partial charge in [-0.1, -0.05) is 23.5 Å². The molecule has 152 valence electrons. The van der Waals surface area contributed by atoms with Crippen molar-refractivity contribution in [3.8, 4) is 11.5 Å². The summed E-state index contributed by atoms with van der Waals surface area (Å²) in [5.74, 6) is 1.29. The molecule has 0 aliphatic carbocycles. The maximum Gasteiger partial charge on any atom is 0.186 e. The van der Waals surface area contributed by atoms with Crippen LogP contribution < -0.4 is 19.7 Å². The number of para-hydroxylation sites is 1. The molecule has 0 spiro atoms. The first-order valence-corrected chi connectivity index (χ1v) is 10.9. The number of nitrogens with one attached hydrogen (secondary N) is 1. The molecule has 0 amide bonds. The van der Waals surface area contributed by atoms with Crippen molar-refractivity contribution < 1.29 is 13.9 Å². The van der Waals surface area contributed by atoms with Crippen LogP contribution in [0.25, 0.3) is 10.2 Å². The van der Waals surface area contributed by atoms with E-state index in [0.29, 0.717) is 24.0 Å². The van der Waals surface area contributed by atoms with Gasteiger partial charge >= 0.3 is 0 Å². The second-order valence-electron chi connectivity index (χ2n) is 7.66. The van der Waals surface area contributed by atoms with E-state index in [1.54, 1.807) is 17.4 Å². The topological polar surface area (TPSA) is 46.6 Å². The third-order valence-electron chi connectivity index (χ3n) is 5.92. The molecule has 3 aromatic rings. The lowest BCUT2D eigenvalue weighted by Crippen LogP contribution is -2.53. The van der Waals surface area contributed by atoms with Crippen LogP contribution in [-0.4, -0.2) is 43.9 Å². The number of hydrogen-bond acceptors (Lipinski definition) is 6. The summed E-state index contributed by atoms with van der Waals surface area (Å²) in [5.41, 5.74) is 1.07. The van der Waals surface area contributed by atoms with Gasteiger partial charge in [-0.05, 0) is 50.1 Å². The molecule has 5 nitrogen and oxygen atoms in total. The average molecular weight is 414 g/mol. The summed E-state index contributed by atoms with van der Waals surface area (Å²) >= 11 is 1.76. The van der Waals surface area contributed by atoms with Crippen molar-refractivity contribution in [1.29, 1.82) is 0 Å². The Morgan fingerprint density at radius 1 is 1.17 bits per heavy atom. The maximum absolute atomic E-state index is 13.4. The summed E-state index contributed by atoms with van der Waals surface area (Å²) in [5, 5.41) is 4.56. The molecule has 5 rings (SSSR count). The summed E-state index contributed by atoms with van der Waals surface area (Å²) in [6.07, 6.45) is 2.05. The summed E-state index contributed by atoms with van der Waals surface area (Å²) in [7, 11) is 1.98. The molecule has 3 heterocycles. The fourth-order valence-corrected chi connectivity index (χ4v) is 5.43. The molecule has 29 heavy (non-hydrogen) atoms. The number of hydrogen-bond donors (Lipinski definition) is 1. The number of benzene rings is 2. The van der Waals surface area contributed by atoms with Gasteiger partial charge in [-0.2, -0.15) is 0 Å². The van der Waals surface area contributed by atoms with Crippen LogP contribution in [0.15, 0.2) is 42.5 Å². The Labute approximate surface area is 173 Å². The highest BCUT2D eigenvalue weighted by molar-refractivity contribution is 7.22. The van der Waals surface area contributed by atoms with Crippen LogP contribution in [0, 0.1) is 11.7 Å². The Balaban J connectivity index is 1.25. The predicted molar refractivity (Wildman–Crippen MR) is 114 cm³/mol. The van der Waals surface area contributed by atoms with E-state index in [4.69, 9.17) is 14.5 Å². The van der Waals surface area contributed by atoms with Gasteiger partial charge in [-0.25, -0.2) is 9.37 Å². The van der Waals surface area contributed by atoms with Crippen LogP contribution >= 0.6 is 11.3 Å². The van der Waals surface area contributed by atoms with Gasteiger partial charge in [0.1, 0.15) is 18.5 Å². The molecule has 2 aliphatic heterocycles. The fraction of sp³-hybridized carbons (Fsp3) is 0.409. The fourth-order valence-electron chi connectivity index (χ4n) is 4.41. The first kappa shape index (κ1) is 18.6. The first-order valence-electron chi connectivity index (χ1n) is 10.1. The number of anilines is 1. The lowest BCUT2D eigenvalue weighted by molar-refractivity contribution is 0.0414. The van der Waals surface area contributed by atoms with Crippen LogP contribution in [0.4, 0.5) is 9.52 Å². The molecule has 1 fully saturated rings. The van der Waals surface area contributed by atoms with Crippen molar-refractivity contribution >= 4 is 26.7 Å². The van der Waals surface area contributed by atoms with Crippen molar-refractivity contribution in [2.75, 3.05) is 31.6 Å². The lowest BCUT2D eigenvalue weighted by atomic mass is 9.86. The van der Waals surface area contributed by atoms with E-state index in [1.807, 2.05) is 13.1 Å². The Morgan fingerprint density at radius 2 is 2.00 bits per heavy atom. The van der Waals surface area contributed by atoms with Crippen molar-refractivity contribution in [2.24, 2.45) is 5.92 Å². The summed E-state index contributed by atoms with van der Waals surface area (Å²) in [6, 6.07) is 12.9. The monoisotopic (exact) mass is 413 g/mol. The second kappa shape index (κ2) is 7.80. The van der Waals surface area contributed by atoms with Gasteiger partial charge < -0.3 is 19.7 Å². The summed E-state index contributed by atoms with van der Waals surface area (Å²) in [4.78, 5) is 7.19. The van der Waals surface area contributed by atoms with E-state index in [1.165, 1.54) is 16.8 Å². The number of rotatable bonds is 4. The molecule has 1 aromatic heterocycles. The molecule has 1 saturated heterocycles. The smallest absolute Gasteiger partial charge is 0.186 e. The quantitative estimate of drug-likeness (QED) is 0.698. The van der Waals surface area contributed by atoms with E-state index < -0.39 is 0 Å². The maximum atomic E-state index is 13.4. The largest absolute Gasteiger partial charge is 0.486 e. The van der Waals surface area contributed by atoms with Gasteiger partial charge in [0, 0.05) is 19.2 Å². The SMILES string of the molecule is CNC(C1CCN(c2nc3ccccc3s2)CC1)C1COc2cc(F)ccc2O1. The molecule has 2 aromatic carbocycles. The Bertz CT molecular complexity index is 970. The van der Waals surface area contributed by atoms with Gasteiger partial charge in [-0.3, -0.25) is 0 Å². The van der Waals surface area contributed by atoms with E-state index in [9.17, 15) is 4.39 Å². The number of nitrogens with zero attached hydrogens (tertiary/aromatic N) is 2. The van der Waals surface area contributed by atoms with Gasteiger partial charge in [0.15, 0.2) is 16.6 Å². The number of halogens is 1. The number of thiazole rings is 1. The van der Waals surface area contributed by atoms with Crippen molar-refractivity contribution in [3.05, 3.63) is 48.3 Å². The zero-order valence-corrected chi connectivity index (χ0v) is 17.1.